The molecule has 108 valence electrons. The Balaban J connectivity index is 2.19. The molecule has 1 heterocycles. The zero-order valence-electron chi connectivity index (χ0n) is 12.7. The Hall–Kier alpha value is -0.120. The predicted molar refractivity (Wildman–Crippen MR) is 77.8 cm³/mol. The normalized spacial score (nSPS) is 22.3. The number of hydrogen-bond donors (Lipinski definition) is 2. The van der Waals surface area contributed by atoms with E-state index in [0.717, 1.165) is 25.3 Å². The van der Waals surface area contributed by atoms with Crippen LogP contribution in [0.1, 0.15) is 53.4 Å². The first kappa shape index (κ1) is 15.9. The van der Waals surface area contributed by atoms with Gasteiger partial charge in [0.25, 0.3) is 0 Å². The third-order valence-corrected chi connectivity index (χ3v) is 3.77. The molecule has 0 saturated carbocycles. The SMILES string of the molecule is CCCC(C)(O)CNC1CCN(CC(C)C)CC1. The standard InChI is InChI=1S/C15H32N2O/c1-5-8-15(4,18)12-16-14-6-9-17(10-7-14)11-13(2)3/h13-14,16,18H,5-12H2,1-4H3. The molecule has 0 radical (unpaired) electrons. The Bertz CT molecular complexity index is 221. The fourth-order valence-electron chi connectivity index (χ4n) is 2.83. The van der Waals surface area contributed by atoms with Crippen LogP contribution in [0.5, 0.6) is 0 Å². The molecular weight excluding hydrogens is 224 g/mol. The summed E-state index contributed by atoms with van der Waals surface area (Å²) in [5.41, 5.74) is -0.538. The fraction of sp³-hybridized carbons (Fsp3) is 1.00. The third kappa shape index (κ3) is 6.17. The van der Waals surface area contributed by atoms with E-state index in [9.17, 15) is 5.11 Å². The smallest absolute Gasteiger partial charge is 0.0743 e. The quantitative estimate of drug-likeness (QED) is 0.733. The Morgan fingerprint density at radius 3 is 2.44 bits per heavy atom. The van der Waals surface area contributed by atoms with Gasteiger partial charge in [0.05, 0.1) is 5.60 Å². The number of likely N-dealkylation sites (tertiary alicyclic amines) is 1. The number of aliphatic hydroxyl groups is 1. The van der Waals surface area contributed by atoms with Crippen LogP contribution in [0.2, 0.25) is 0 Å². The molecule has 0 aromatic heterocycles. The predicted octanol–water partition coefficient (Wildman–Crippen LogP) is 2.25. The molecule has 1 aliphatic rings. The van der Waals surface area contributed by atoms with E-state index >= 15 is 0 Å². The van der Waals surface area contributed by atoms with E-state index in [1.54, 1.807) is 0 Å². The first-order valence-electron chi connectivity index (χ1n) is 7.61. The molecule has 3 heteroatoms. The van der Waals surface area contributed by atoms with Gasteiger partial charge in [-0.3, -0.25) is 0 Å². The summed E-state index contributed by atoms with van der Waals surface area (Å²) in [5.74, 6) is 0.764. The lowest BCUT2D eigenvalue weighted by Crippen LogP contribution is -2.48. The van der Waals surface area contributed by atoms with Gasteiger partial charge in [-0.05, 0) is 45.2 Å². The van der Waals surface area contributed by atoms with Crippen molar-refractivity contribution in [3.05, 3.63) is 0 Å². The number of nitrogens with zero attached hydrogens (tertiary/aromatic N) is 1. The van der Waals surface area contributed by atoms with Crippen LogP contribution in [0.15, 0.2) is 0 Å². The number of nitrogens with one attached hydrogen (secondary N) is 1. The monoisotopic (exact) mass is 256 g/mol. The summed E-state index contributed by atoms with van der Waals surface area (Å²) in [6.07, 6.45) is 4.36. The van der Waals surface area contributed by atoms with Crippen molar-refractivity contribution >= 4 is 0 Å². The van der Waals surface area contributed by atoms with E-state index in [2.05, 4.69) is 31.0 Å². The van der Waals surface area contributed by atoms with Crippen molar-refractivity contribution in [1.29, 1.82) is 0 Å². The second kappa shape index (κ2) is 7.46. The van der Waals surface area contributed by atoms with Crippen LogP contribution < -0.4 is 5.32 Å². The zero-order valence-corrected chi connectivity index (χ0v) is 12.7. The van der Waals surface area contributed by atoms with Crippen LogP contribution in [0, 0.1) is 5.92 Å². The van der Waals surface area contributed by atoms with Crippen molar-refractivity contribution in [2.45, 2.75) is 65.0 Å². The molecule has 0 spiro atoms. The second-order valence-electron chi connectivity index (χ2n) is 6.60. The number of hydrogen-bond acceptors (Lipinski definition) is 3. The van der Waals surface area contributed by atoms with E-state index in [0.29, 0.717) is 6.04 Å². The maximum Gasteiger partial charge on any atom is 0.0743 e. The first-order valence-corrected chi connectivity index (χ1v) is 7.61. The van der Waals surface area contributed by atoms with Gasteiger partial charge in [0.2, 0.25) is 0 Å². The van der Waals surface area contributed by atoms with Crippen molar-refractivity contribution in [3.63, 3.8) is 0 Å². The molecule has 2 N–H and O–H groups in total. The van der Waals surface area contributed by atoms with E-state index in [4.69, 9.17) is 0 Å². The average Bonchev–Trinajstić information content (AvgIpc) is 2.27. The van der Waals surface area contributed by atoms with Gasteiger partial charge >= 0.3 is 0 Å². The fourth-order valence-corrected chi connectivity index (χ4v) is 2.83. The Labute approximate surface area is 113 Å². The second-order valence-corrected chi connectivity index (χ2v) is 6.60. The van der Waals surface area contributed by atoms with E-state index < -0.39 is 5.60 Å². The van der Waals surface area contributed by atoms with Crippen LogP contribution in [0.4, 0.5) is 0 Å². The maximum atomic E-state index is 10.1. The molecule has 1 aliphatic heterocycles. The minimum atomic E-state index is -0.538. The highest BCUT2D eigenvalue weighted by molar-refractivity contribution is 4.82. The van der Waals surface area contributed by atoms with Crippen molar-refractivity contribution in [2.24, 2.45) is 5.92 Å². The van der Waals surface area contributed by atoms with Gasteiger partial charge in [0, 0.05) is 19.1 Å². The largest absolute Gasteiger partial charge is 0.389 e. The van der Waals surface area contributed by atoms with E-state index in [1.807, 2.05) is 6.92 Å². The molecule has 0 aromatic rings. The van der Waals surface area contributed by atoms with E-state index in [1.165, 1.54) is 32.5 Å². The molecule has 1 unspecified atom stereocenters. The topological polar surface area (TPSA) is 35.5 Å². The van der Waals surface area contributed by atoms with Crippen LogP contribution in [-0.2, 0) is 0 Å². The maximum absolute atomic E-state index is 10.1. The van der Waals surface area contributed by atoms with Crippen LogP contribution in [0.3, 0.4) is 0 Å². The highest BCUT2D eigenvalue weighted by atomic mass is 16.3. The van der Waals surface area contributed by atoms with Crippen molar-refractivity contribution in [2.75, 3.05) is 26.2 Å². The summed E-state index contributed by atoms with van der Waals surface area (Å²) in [6, 6.07) is 0.594. The number of rotatable bonds is 7. The van der Waals surface area contributed by atoms with Gasteiger partial charge in [0.15, 0.2) is 0 Å². The summed E-state index contributed by atoms with van der Waals surface area (Å²) in [4.78, 5) is 2.56. The van der Waals surface area contributed by atoms with Crippen molar-refractivity contribution < 1.29 is 5.11 Å². The van der Waals surface area contributed by atoms with Gasteiger partial charge in [-0.25, -0.2) is 0 Å². The van der Waals surface area contributed by atoms with Crippen LogP contribution in [0.25, 0.3) is 0 Å². The van der Waals surface area contributed by atoms with Crippen LogP contribution >= 0.6 is 0 Å². The lowest BCUT2D eigenvalue weighted by molar-refractivity contribution is 0.0437. The van der Waals surface area contributed by atoms with Gasteiger partial charge in [-0.15, -0.1) is 0 Å². The Morgan fingerprint density at radius 2 is 1.94 bits per heavy atom. The highest BCUT2D eigenvalue weighted by Gasteiger charge is 2.23. The zero-order chi connectivity index (χ0) is 13.6. The molecule has 1 fully saturated rings. The minimum Gasteiger partial charge on any atom is -0.389 e. The lowest BCUT2D eigenvalue weighted by atomic mass is 9.98. The molecule has 1 saturated heterocycles. The van der Waals surface area contributed by atoms with Crippen LogP contribution in [-0.4, -0.2) is 47.8 Å². The molecular formula is C15H32N2O. The van der Waals surface area contributed by atoms with Gasteiger partial charge in [-0.1, -0.05) is 27.2 Å². The molecule has 0 bridgehead atoms. The molecule has 1 rings (SSSR count). The third-order valence-electron chi connectivity index (χ3n) is 3.77. The molecule has 3 nitrogen and oxygen atoms in total. The first-order chi connectivity index (χ1) is 8.43. The van der Waals surface area contributed by atoms with Crippen molar-refractivity contribution in [1.82, 2.24) is 10.2 Å². The average molecular weight is 256 g/mol. The molecule has 0 aliphatic carbocycles. The van der Waals surface area contributed by atoms with E-state index in [-0.39, 0.29) is 0 Å². The lowest BCUT2D eigenvalue weighted by Gasteiger charge is -2.35. The number of piperidine rings is 1. The van der Waals surface area contributed by atoms with Gasteiger partial charge in [0.1, 0.15) is 0 Å². The summed E-state index contributed by atoms with van der Waals surface area (Å²) in [6.45, 7) is 13.0. The highest BCUT2D eigenvalue weighted by Crippen LogP contribution is 2.15. The molecule has 0 aromatic carbocycles. The summed E-state index contributed by atoms with van der Waals surface area (Å²) in [5, 5.41) is 13.7. The summed E-state index contributed by atoms with van der Waals surface area (Å²) >= 11 is 0. The molecule has 1 atom stereocenters. The Morgan fingerprint density at radius 1 is 1.33 bits per heavy atom. The molecule has 18 heavy (non-hydrogen) atoms. The minimum absolute atomic E-state index is 0.538. The summed E-state index contributed by atoms with van der Waals surface area (Å²) in [7, 11) is 0. The summed E-state index contributed by atoms with van der Waals surface area (Å²) < 4.78 is 0. The van der Waals surface area contributed by atoms with Gasteiger partial charge < -0.3 is 15.3 Å². The molecule has 0 amide bonds. The Kier molecular flexibility index (Phi) is 6.61. The van der Waals surface area contributed by atoms with Crippen molar-refractivity contribution in [3.8, 4) is 0 Å². The van der Waals surface area contributed by atoms with Gasteiger partial charge in [-0.2, -0.15) is 0 Å².